The molecule has 3 heteroatoms. The van der Waals surface area contributed by atoms with Crippen molar-refractivity contribution in [2.24, 2.45) is 0 Å². The van der Waals surface area contributed by atoms with Gasteiger partial charge in [0.25, 0.3) is 0 Å². The zero-order valence-corrected chi connectivity index (χ0v) is 8.58. The summed E-state index contributed by atoms with van der Waals surface area (Å²) in [5, 5.41) is 0. The van der Waals surface area contributed by atoms with Gasteiger partial charge in [0.15, 0.2) is 0 Å². The highest BCUT2D eigenvalue weighted by Gasteiger charge is 2.23. The summed E-state index contributed by atoms with van der Waals surface area (Å²) in [5.74, 6) is 0.221. The molecule has 74 valence electrons. The number of pyridine rings is 1. The Labute approximate surface area is 83.8 Å². The maximum atomic E-state index is 11.5. The second-order valence-corrected chi connectivity index (χ2v) is 3.71. The fourth-order valence-corrected chi connectivity index (χ4v) is 1.87. The van der Waals surface area contributed by atoms with Gasteiger partial charge in [-0.15, -0.1) is 0 Å². The molecule has 1 amide bonds. The molecule has 1 aliphatic heterocycles. The van der Waals surface area contributed by atoms with Gasteiger partial charge in [0.2, 0.25) is 5.91 Å². The van der Waals surface area contributed by atoms with E-state index in [4.69, 9.17) is 0 Å². The number of aromatic nitrogens is 1. The van der Waals surface area contributed by atoms with E-state index in [0.717, 1.165) is 30.0 Å². The molecule has 0 aromatic carbocycles. The third-order valence-corrected chi connectivity index (χ3v) is 2.56. The first-order chi connectivity index (χ1) is 6.68. The van der Waals surface area contributed by atoms with Gasteiger partial charge in [-0.2, -0.15) is 0 Å². The third kappa shape index (κ3) is 1.50. The summed E-state index contributed by atoms with van der Waals surface area (Å²) in [4.78, 5) is 17.7. The van der Waals surface area contributed by atoms with Crippen molar-refractivity contribution in [2.75, 3.05) is 11.4 Å². The molecule has 2 heterocycles. The molecule has 1 fully saturated rings. The fourth-order valence-electron chi connectivity index (χ4n) is 1.87. The van der Waals surface area contributed by atoms with Crippen molar-refractivity contribution in [3.63, 3.8) is 0 Å². The van der Waals surface area contributed by atoms with Gasteiger partial charge in [0, 0.05) is 18.7 Å². The molecule has 0 radical (unpaired) electrons. The number of aryl methyl sites for hydroxylation is 2. The number of anilines is 1. The summed E-state index contributed by atoms with van der Waals surface area (Å²) in [5.41, 5.74) is 2.91. The van der Waals surface area contributed by atoms with Crippen molar-refractivity contribution in [2.45, 2.75) is 26.7 Å². The third-order valence-electron chi connectivity index (χ3n) is 2.56. The minimum Gasteiger partial charge on any atom is -0.311 e. The largest absolute Gasteiger partial charge is 0.311 e. The molecular weight excluding hydrogens is 176 g/mol. The van der Waals surface area contributed by atoms with Gasteiger partial charge < -0.3 is 4.90 Å². The number of amides is 1. The first-order valence-electron chi connectivity index (χ1n) is 4.93. The molecule has 3 nitrogen and oxygen atoms in total. The summed E-state index contributed by atoms with van der Waals surface area (Å²) in [7, 11) is 0. The Morgan fingerprint density at radius 2 is 2.14 bits per heavy atom. The van der Waals surface area contributed by atoms with Crippen molar-refractivity contribution in [3.8, 4) is 0 Å². The number of carbonyl (C=O) groups excluding carboxylic acids is 1. The standard InChI is InChI=1S/C11H14N2O/c1-8-5-6-10(9(2)12-8)13-7-3-4-11(13)14/h5-6H,3-4,7H2,1-2H3. The van der Waals surface area contributed by atoms with Crippen LogP contribution in [0.25, 0.3) is 0 Å². The monoisotopic (exact) mass is 190 g/mol. The maximum absolute atomic E-state index is 11.5. The highest BCUT2D eigenvalue weighted by atomic mass is 16.2. The average molecular weight is 190 g/mol. The van der Waals surface area contributed by atoms with Gasteiger partial charge in [-0.1, -0.05) is 0 Å². The van der Waals surface area contributed by atoms with Crippen LogP contribution in [0.4, 0.5) is 5.69 Å². The van der Waals surface area contributed by atoms with E-state index in [1.54, 1.807) is 0 Å². The number of hydrogen-bond donors (Lipinski definition) is 0. The highest BCUT2D eigenvalue weighted by Crippen LogP contribution is 2.23. The topological polar surface area (TPSA) is 33.2 Å². The molecule has 0 saturated carbocycles. The van der Waals surface area contributed by atoms with Gasteiger partial charge in [-0.05, 0) is 32.4 Å². The molecule has 2 rings (SSSR count). The first kappa shape index (κ1) is 9.19. The summed E-state index contributed by atoms with van der Waals surface area (Å²) in [6.45, 7) is 4.75. The van der Waals surface area contributed by atoms with E-state index in [1.807, 2.05) is 30.9 Å². The molecule has 1 aromatic rings. The fraction of sp³-hybridized carbons (Fsp3) is 0.455. The highest BCUT2D eigenvalue weighted by molar-refractivity contribution is 5.95. The van der Waals surface area contributed by atoms with Crippen molar-refractivity contribution < 1.29 is 4.79 Å². The Morgan fingerprint density at radius 3 is 2.71 bits per heavy atom. The average Bonchev–Trinajstić information content (AvgIpc) is 2.52. The number of nitrogens with zero attached hydrogens (tertiary/aromatic N) is 2. The van der Waals surface area contributed by atoms with Crippen LogP contribution in [-0.4, -0.2) is 17.4 Å². The molecule has 0 aliphatic carbocycles. The van der Waals surface area contributed by atoms with Crippen LogP contribution in [0.5, 0.6) is 0 Å². The molecule has 0 unspecified atom stereocenters. The molecule has 14 heavy (non-hydrogen) atoms. The maximum Gasteiger partial charge on any atom is 0.227 e. The quantitative estimate of drug-likeness (QED) is 0.676. The molecule has 0 spiro atoms. The lowest BCUT2D eigenvalue weighted by Gasteiger charge is -2.17. The number of carbonyl (C=O) groups is 1. The van der Waals surface area contributed by atoms with Gasteiger partial charge in [0.1, 0.15) is 0 Å². The summed E-state index contributed by atoms with van der Waals surface area (Å²) in [6, 6.07) is 3.94. The zero-order valence-electron chi connectivity index (χ0n) is 8.58. The lowest BCUT2D eigenvalue weighted by Crippen LogP contribution is -2.24. The van der Waals surface area contributed by atoms with E-state index in [-0.39, 0.29) is 5.91 Å². The zero-order chi connectivity index (χ0) is 10.1. The van der Waals surface area contributed by atoms with Crippen LogP contribution in [-0.2, 0) is 4.79 Å². The van der Waals surface area contributed by atoms with Crippen LogP contribution in [0, 0.1) is 13.8 Å². The van der Waals surface area contributed by atoms with Gasteiger partial charge in [-0.25, -0.2) is 0 Å². The van der Waals surface area contributed by atoms with E-state index >= 15 is 0 Å². The molecule has 1 aromatic heterocycles. The van der Waals surface area contributed by atoms with Gasteiger partial charge in [-0.3, -0.25) is 9.78 Å². The van der Waals surface area contributed by atoms with Crippen LogP contribution in [0.15, 0.2) is 12.1 Å². The molecule has 1 saturated heterocycles. The first-order valence-corrected chi connectivity index (χ1v) is 4.93. The van der Waals surface area contributed by atoms with Crippen molar-refractivity contribution in [1.82, 2.24) is 4.98 Å². The van der Waals surface area contributed by atoms with Crippen LogP contribution in [0.3, 0.4) is 0 Å². The second kappa shape index (κ2) is 3.40. The van der Waals surface area contributed by atoms with Crippen molar-refractivity contribution in [1.29, 1.82) is 0 Å². The molecule has 1 aliphatic rings. The molecule has 0 N–H and O–H groups in total. The second-order valence-electron chi connectivity index (χ2n) is 3.71. The number of hydrogen-bond acceptors (Lipinski definition) is 2. The minimum absolute atomic E-state index is 0.221. The van der Waals surface area contributed by atoms with Crippen molar-refractivity contribution >= 4 is 11.6 Å². The Hall–Kier alpha value is -1.38. The smallest absolute Gasteiger partial charge is 0.227 e. The summed E-state index contributed by atoms with van der Waals surface area (Å²) in [6.07, 6.45) is 1.64. The van der Waals surface area contributed by atoms with Crippen molar-refractivity contribution in [3.05, 3.63) is 23.5 Å². The predicted octanol–water partition coefficient (Wildman–Crippen LogP) is 1.83. The van der Waals surface area contributed by atoms with Crippen LogP contribution in [0.1, 0.15) is 24.2 Å². The van der Waals surface area contributed by atoms with E-state index in [1.165, 1.54) is 0 Å². The lowest BCUT2D eigenvalue weighted by molar-refractivity contribution is -0.117. The molecular formula is C11H14N2O. The van der Waals surface area contributed by atoms with E-state index in [0.29, 0.717) is 6.42 Å². The van der Waals surface area contributed by atoms with Crippen LogP contribution < -0.4 is 4.90 Å². The Kier molecular flexibility index (Phi) is 2.23. The van der Waals surface area contributed by atoms with Gasteiger partial charge in [0.05, 0.1) is 11.4 Å². The Morgan fingerprint density at radius 1 is 1.36 bits per heavy atom. The lowest BCUT2D eigenvalue weighted by atomic mass is 10.2. The van der Waals surface area contributed by atoms with Crippen LogP contribution >= 0.6 is 0 Å². The summed E-state index contributed by atoms with van der Waals surface area (Å²) >= 11 is 0. The Balaban J connectivity index is 2.36. The SMILES string of the molecule is Cc1ccc(N2CCCC2=O)c(C)n1. The van der Waals surface area contributed by atoms with Gasteiger partial charge >= 0.3 is 0 Å². The Bertz CT molecular complexity index is 374. The summed E-state index contributed by atoms with van der Waals surface area (Å²) < 4.78 is 0. The normalized spacial score (nSPS) is 16.4. The van der Waals surface area contributed by atoms with E-state index in [9.17, 15) is 4.79 Å². The van der Waals surface area contributed by atoms with E-state index in [2.05, 4.69) is 4.98 Å². The predicted molar refractivity (Wildman–Crippen MR) is 55.3 cm³/mol. The van der Waals surface area contributed by atoms with Crippen LogP contribution in [0.2, 0.25) is 0 Å². The molecule has 0 bridgehead atoms. The van der Waals surface area contributed by atoms with E-state index < -0.39 is 0 Å². The molecule has 0 atom stereocenters. The minimum atomic E-state index is 0.221. The number of rotatable bonds is 1.